The molecule has 0 N–H and O–H groups in total. The van der Waals surface area contributed by atoms with Gasteiger partial charge < -0.3 is 4.74 Å². The van der Waals surface area contributed by atoms with Gasteiger partial charge >= 0.3 is 0 Å². The lowest BCUT2D eigenvalue weighted by molar-refractivity contribution is 0.463. The van der Waals surface area contributed by atoms with E-state index in [9.17, 15) is 0 Å². The van der Waals surface area contributed by atoms with Crippen molar-refractivity contribution in [2.24, 2.45) is 0 Å². The van der Waals surface area contributed by atoms with Gasteiger partial charge in [0, 0.05) is 16.1 Å². The first-order valence-corrected chi connectivity index (χ1v) is 5.92. The van der Waals surface area contributed by atoms with Crippen molar-refractivity contribution < 1.29 is 4.74 Å². The Balaban J connectivity index is 2.34. The maximum atomic E-state index is 8.81. The van der Waals surface area contributed by atoms with Crippen molar-refractivity contribution in [1.29, 1.82) is 5.26 Å². The second-order valence-electron chi connectivity index (χ2n) is 3.34. The zero-order valence-electron chi connectivity index (χ0n) is 8.82. The Kier molecular flexibility index (Phi) is 3.93. The fourth-order valence-electron chi connectivity index (χ4n) is 1.30. The van der Waals surface area contributed by atoms with Crippen molar-refractivity contribution >= 4 is 34.8 Å². The van der Waals surface area contributed by atoms with Gasteiger partial charge in [-0.1, -0.05) is 34.8 Å². The number of benzene rings is 1. The largest absolute Gasteiger partial charge is 0.439 e. The number of nitrogens with zero attached hydrogens (tertiary/aromatic N) is 2. The molecular weight excluding hydrogens is 295 g/mol. The highest BCUT2D eigenvalue weighted by Crippen LogP contribution is 2.28. The van der Waals surface area contributed by atoms with Crippen LogP contribution in [-0.4, -0.2) is 4.98 Å². The van der Waals surface area contributed by atoms with E-state index in [1.165, 1.54) is 12.1 Å². The molecule has 0 radical (unpaired) electrons. The van der Waals surface area contributed by atoms with E-state index in [-0.39, 0.29) is 11.0 Å². The van der Waals surface area contributed by atoms with Crippen LogP contribution in [0, 0.1) is 11.3 Å². The van der Waals surface area contributed by atoms with Gasteiger partial charge in [-0.3, -0.25) is 0 Å². The van der Waals surface area contributed by atoms with Gasteiger partial charge in [0.2, 0.25) is 5.88 Å². The van der Waals surface area contributed by atoms with E-state index in [0.29, 0.717) is 21.4 Å². The fraction of sp³-hybridized carbons (Fsp3) is 0. The molecular formula is C12H5Cl3N2O. The van der Waals surface area contributed by atoms with Crippen LogP contribution in [0.4, 0.5) is 0 Å². The Morgan fingerprint density at radius 2 is 1.67 bits per heavy atom. The van der Waals surface area contributed by atoms with Gasteiger partial charge in [-0.2, -0.15) is 5.26 Å². The molecule has 0 atom stereocenters. The van der Waals surface area contributed by atoms with E-state index < -0.39 is 0 Å². The van der Waals surface area contributed by atoms with E-state index in [1.807, 2.05) is 6.07 Å². The molecule has 0 fully saturated rings. The van der Waals surface area contributed by atoms with E-state index in [0.717, 1.165) is 0 Å². The van der Waals surface area contributed by atoms with Crippen molar-refractivity contribution in [2.45, 2.75) is 0 Å². The van der Waals surface area contributed by atoms with Crippen LogP contribution in [0.15, 0.2) is 30.3 Å². The van der Waals surface area contributed by atoms with Crippen LogP contribution in [-0.2, 0) is 0 Å². The smallest absolute Gasteiger partial charge is 0.221 e. The SMILES string of the molecule is N#Cc1cc(Cl)nc(Oc2cc(Cl)cc(Cl)c2)c1. The zero-order chi connectivity index (χ0) is 13.1. The van der Waals surface area contributed by atoms with Crippen molar-refractivity contribution in [3.05, 3.63) is 51.1 Å². The second-order valence-corrected chi connectivity index (χ2v) is 4.60. The minimum atomic E-state index is 0.178. The van der Waals surface area contributed by atoms with Crippen LogP contribution in [0.1, 0.15) is 5.56 Å². The molecule has 3 nitrogen and oxygen atoms in total. The molecule has 0 amide bonds. The minimum absolute atomic E-state index is 0.178. The van der Waals surface area contributed by atoms with Crippen LogP contribution in [0.25, 0.3) is 0 Å². The summed E-state index contributed by atoms with van der Waals surface area (Å²) in [7, 11) is 0. The number of nitriles is 1. The highest BCUT2D eigenvalue weighted by atomic mass is 35.5. The molecule has 0 aliphatic heterocycles. The summed E-state index contributed by atoms with van der Waals surface area (Å²) >= 11 is 17.4. The zero-order valence-corrected chi connectivity index (χ0v) is 11.1. The summed E-state index contributed by atoms with van der Waals surface area (Å²) in [5, 5.41) is 9.87. The van der Waals surface area contributed by atoms with Crippen LogP contribution >= 0.6 is 34.8 Å². The second kappa shape index (κ2) is 5.45. The van der Waals surface area contributed by atoms with Crippen molar-refractivity contribution in [3.63, 3.8) is 0 Å². The Labute approximate surface area is 118 Å². The lowest BCUT2D eigenvalue weighted by Crippen LogP contribution is -1.90. The lowest BCUT2D eigenvalue weighted by atomic mass is 10.3. The predicted octanol–water partition coefficient (Wildman–Crippen LogP) is 4.71. The standard InChI is InChI=1S/C12H5Cl3N2O/c13-8-3-9(14)5-10(4-8)18-12-2-7(6-16)1-11(15)17-12/h1-5H. The van der Waals surface area contributed by atoms with Gasteiger partial charge in [0.1, 0.15) is 10.9 Å². The summed E-state index contributed by atoms with van der Waals surface area (Å²) < 4.78 is 5.45. The summed E-state index contributed by atoms with van der Waals surface area (Å²) in [6, 6.07) is 9.63. The quantitative estimate of drug-likeness (QED) is 0.755. The van der Waals surface area contributed by atoms with E-state index >= 15 is 0 Å². The van der Waals surface area contributed by atoms with E-state index in [4.69, 9.17) is 44.8 Å². The third kappa shape index (κ3) is 3.27. The van der Waals surface area contributed by atoms with Crippen molar-refractivity contribution in [2.75, 3.05) is 0 Å². The summed E-state index contributed by atoms with van der Waals surface area (Å²) in [5.41, 5.74) is 0.359. The number of ether oxygens (including phenoxy) is 1. The van der Waals surface area contributed by atoms with Crippen LogP contribution < -0.4 is 4.74 Å². The number of halogens is 3. The molecule has 1 aromatic heterocycles. The molecule has 1 heterocycles. The molecule has 0 spiro atoms. The van der Waals surface area contributed by atoms with Crippen molar-refractivity contribution in [3.8, 4) is 17.7 Å². The third-order valence-electron chi connectivity index (χ3n) is 1.96. The van der Waals surface area contributed by atoms with Crippen LogP contribution in [0.2, 0.25) is 15.2 Å². The Hall–Kier alpha value is -1.47. The molecule has 6 heteroatoms. The number of hydrogen-bond acceptors (Lipinski definition) is 3. The Bertz CT molecular complexity index is 617. The molecule has 2 rings (SSSR count). The Morgan fingerprint density at radius 1 is 1.00 bits per heavy atom. The number of aromatic nitrogens is 1. The molecule has 0 saturated carbocycles. The molecule has 0 aliphatic rings. The molecule has 90 valence electrons. The molecule has 2 aromatic rings. The average Bonchev–Trinajstić information content (AvgIpc) is 2.26. The summed E-state index contributed by atoms with van der Waals surface area (Å²) in [6.07, 6.45) is 0. The van der Waals surface area contributed by atoms with Gasteiger partial charge in [-0.05, 0) is 24.3 Å². The first kappa shape index (κ1) is 13.0. The lowest BCUT2D eigenvalue weighted by Gasteiger charge is -2.06. The van der Waals surface area contributed by atoms with E-state index in [2.05, 4.69) is 4.98 Å². The van der Waals surface area contributed by atoms with Gasteiger partial charge in [0.25, 0.3) is 0 Å². The normalized spacial score (nSPS) is 9.89. The molecule has 1 aromatic carbocycles. The molecule has 18 heavy (non-hydrogen) atoms. The summed E-state index contributed by atoms with van der Waals surface area (Å²) in [4.78, 5) is 3.94. The molecule has 0 bridgehead atoms. The maximum absolute atomic E-state index is 8.81. The fourth-order valence-corrected chi connectivity index (χ4v) is 2.00. The monoisotopic (exact) mass is 298 g/mol. The Morgan fingerprint density at radius 3 is 2.28 bits per heavy atom. The first-order chi connectivity index (χ1) is 8.56. The predicted molar refractivity (Wildman–Crippen MR) is 70.5 cm³/mol. The highest BCUT2D eigenvalue weighted by Gasteiger charge is 2.05. The van der Waals surface area contributed by atoms with Crippen LogP contribution in [0.5, 0.6) is 11.6 Å². The van der Waals surface area contributed by atoms with Gasteiger partial charge in [0.05, 0.1) is 11.6 Å². The van der Waals surface area contributed by atoms with Crippen molar-refractivity contribution in [1.82, 2.24) is 4.98 Å². The topological polar surface area (TPSA) is 45.9 Å². The van der Waals surface area contributed by atoms with Gasteiger partial charge in [0.15, 0.2) is 0 Å². The third-order valence-corrected chi connectivity index (χ3v) is 2.59. The minimum Gasteiger partial charge on any atom is -0.439 e. The summed E-state index contributed by atoms with van der Waals surface area (Å²) in [6.45, 7) is 0. The van der Waals surface area contributed by atoms with Gasteiger partial charge in [-0.15, -0.1) is 0 Å². The number of pyridine rings is 1. The van der Waals surface area contributed by atoms with E-state index in [1.54, 1.807) is 18.2 Å². The number of hydrogen-bond donors (Lipinski definition) is 0. The average molecular weight is 300 g/mol. The van der Waals surface area contributed by atoms with Gasteiger partial charge in [-0.25, -0.2) is 4.98 Å². The summed E-state index contributed by atoms with van der Waals surface area (Å²) in [5.74, 6) is 0.628. The maximum Gasteiger partial charge on any atom is 0.221 e. The number of rotatable bonds is 2. The highest BCUT2D eigenvalue weighted by molar-refractivity contribution is 6.34. The molecule has 0 saturated heterocycles. The molecule has 0 aliphatic carbocycles. The van der Waals surface area contributed by atoms with Crippen LogP contribution in [0.3, 0.4) is 0 Å². The first-order valence-electron chi connectivity index (χ1n) is 4.78. The molecule has 0 unspecified atom stereocenters.